The Morgan fingerprint density at radius 1 is 1.19 bits per heavy atom. The van der Waals surface area contributed by atoms with Crippen LogP contribution in [-0.4, -0.2) is 16.8 Å². The van der Waals surface area contributed by atoms with Gasteiger partial charge in [0.2, 0.25) is 0 Å². The van der Waals surface area contributed by atoms with E-state index in [1.807, 2.05) is 0 Å². The van der Waals surface area contributed by atoms with Gasteiger partial charge >= 0.3 is 11.8 Å². The van der Waals surface area contributed by atoms with Gasteiger partial charge in [0.15, 0.2) is 0 Å². The van der Waals surface area contributed by atoms with Crippen molar-refractivity contribution < 1.29 is 9.59 Å². The number of carbonyl (C=O) groups is 2. The molecule has 4 N–H and O–H groups in total. The van der Waals surface area contributed by atoms with Gasteiger partial charge in [-0.05, 0) is 36.8 Å². The van der Waals surface area contributed by atoms with E-state index in [-0.39, 0.29) is 0 Å². The van der Waals surface area contributed by atoms with Crippen LogP contribution < -0.4 is 16.4 Å². The Kier molecular flexibility index (Phi) is 4.39. The van der Waals surface area contributed by atoms with Gasteiger partial charge in [-0.15, -0.1) is 0 Å². The second kappa shape index (κ2) is 6.23. The van der Waals surface area contributed by atoms with Gasteiger partial charge in [-0.3, -0.25) is 9.59 Å². The van der Waals surface area contributed by atoms with Gasteiger partial charge in [0, 0.05) is 11.9 Å². The summed E-state index contributed by atoms with van der Waals surface area (Å²) < 4.78 is 0. The zero-order valence-electron chi connectivity index (χ0n) is 11.2. The molecule has 0 atom stereocenters. The Morgan fingerprint density at radius 3 is 2.57 bits per heavy atom. The molecule has 0 unspecified atom stereocenters. The second-order valence-corrected chi connectivity index (χ2v) is 4.72. The number of rotatable bonds is 2. The molecule has 2 rings (SSSR count). The Balaban J connectivity index is 2.04. The van der Waals surface area contributed by atoms with Crippen LogP contribution in [-0.2, 0) is 9.59 Å². The van der Waals surface area contributed by atoms with Crippen molar-refractivity contribution in [1.82, 2.24) is 4.98 Å². The van der Waals surface area contributed by atoms with E-state index in [1.54, 1.807) is 31.2 Å². The Morgan fingerprint density at radius 2 is 1.90 bits per heavy atom. The maximum atomic E-state index is 11.8. The number of hydrogen-bond donors (Lipinski definition) is 3. The molecule has 0 radical (unpaired) electrons. The number of benzene rings is 1. The van der Waals surface area contributed by atoms with Crippen molar-refractivity contribution in [3.8, 4) is 0 Å². The Hall–Kier alpha value is -2.60. The fourth-order valence-corrected chi connectivity index (χ4v) is 1.75. The lowest BCUT2D eigenvalue weighted by molar-refractivity contribution is -0.133. The monoisotopic (exact) mass is 304 g/mol. The standard InChI is InChI=1S/C14H13ClN4O2/c1-8-3-2-6-17-12(8)19-14(21)13(20)18-9-4-5-11(16)10(15)7-9/h2-7H,16H2,1H3,(H,18,20)(H,17,19,21). The molecule has 1 aromatic carbocycles. The largest absolute Gasteiger partial charge is 0.398 e. The summed E-state index contributed by atoms with van der Waals surface area (Å²) in [5.74, 6) is -1.29. The van der Waals surface area contributed by atoms with E-state index >= 15 is 0 Å². The molecule has 0 saturated carbocycles. The van der Waals surface area contributed by atoms with E-state index in [4.69, 9.17) is 17.3 Å². The molecule has 0 spiro atoms. The minimum absolute atomic E-state index is 0.300. The number of amides is 2. The molecule has 0 fully saturated rings. The summed E-state index contributed by atoms with van der Waals surface area (Å²) in [5.41, 5.74) is 7.10. The molecule has 0 bridgehead atoms. The normalized spacial score (nSPS) is 10.0. The fourth-order valence-electron chi connectivity index (χ4n) is 1.57. The van der Waals surface area contributed by atoms with E-state index in [0.29, 0.717) is 22.2 Å². The van der Waals surface area contributed by atoms with Gasteiger partial charge in [0.05, 0.1) is 10.7 Å². The van der Waals surface area contributed by atoms with Crippen LogP contribution >= 0.6 is 11.6 Å². The first-order valence-corrected chi connectivity index (χ1v) is 6.44. The summed E-state index contributed by atoms with van der Waals surface area (Å²) in [6.07, 6.45) is 1.53. The van der Waals surface area contributed by atoms with E-state index < -0.39 is 11.8 Å². The van der Waals surface area contributed by atoms with E-state index in [9.17, 15) is 9.59 Å². The van der Waals surface area contributed by atoms with Gasteiger partial charge in [0.25, 0.3) is 0 Å². The first kappa shape index (κ1) is 14.8. The smallest absolute Gasteiger partial charge is 0.315 e. The summed E-state index contributed by atoms with van der Waals surface area (Å²) in [6.45, 7) is 1.78. The van der Waals surface area contributed by atoms with Crippen LogP contribution in [0.1, 0.15) is 5.56 Å². The number of pyridine rings is 1. The highest BCUT2D eigenvalue weighted by Gasteiger charge is 2.15. The summed E-state index contributed by atoms with van der Waals surface area (Å²) in [7, 11) is 0. The summed E-state index contributed by atoms with van der Waals surface area (Å²) in [6, 6.07) is 8.08. The Bertz CT molecular complexity index is 703. The van der Waals surface area contributed by atoms with Gasteiger partial charge in [-0.2, -0.15) is 0 Å². The highest BCUT2D eigenvalue weighted by atomic mass is 35.5. The molecule has 108 valence electrons. The van der Waals surface area contributed by atoms with Gasteiger partial charge in [-0.1, -0.05) is 17.7 Å². The lowest BCUT2D eigenvalue weighted by Gasteiger charge is -2.08. The number of nitrogens with one attached hydrogen (secondary N) is 2. The van der Waals surface area contributed by atoms with Crippen LogP contribution in [0.15, 0.2) is 36.5 Å². The van der Waals surface area contributed by atoms with Gasteiger partial charge < -0.3 is 16.4 Å². The summed E-state index contributed by atoms with van der Waals surface area (Å²) in [4.78, 5) is 27.6. The molecule has 0 aliphatic carbocycles. The second-order valence-electron chi connectivity index (χ2n) is 4.31. The molecular formula is C14H13ClN4O2. The molecule has 21 heavy (non-hydrogen) atoms. The van der Waals surface area contributed by atoms with E-state index in [2.05, 4.69) is 15.6 Å². The molecule has 0 aliphatic rings. The molecule has 2 amide bonds. The quantitative estimate of drug-likeness (QED) is 0.585. The highest BCUT2D eigenvalue weighted by molar-refractivity contribution is 6.43. The molecule has 0 aliphatic heterocycles. The van der Waals surface area contributed by atoms with Crippen molar-refractivity contribution in [1.29, 1.82) is 0 Å². The van der Waals surface area contributed by atoms with Crippen LogP contribution in [0.25, 0.3) is 0 Å². The third-order valence-corrected chi connectivity index (χ3v) is 3.03. The predicted molar refractivity (Wildman–Crippen MR) is 82.1 cm³/mol. The minimum atomic E-state index is -0.819. The van der Waals surface area contributed by atoms with Gasteiger partial charge in [-0.25, -0.2) is 4.98 Å². The molecule has 0 saturated heterocycles. The summed E-state index contributed by atoms with van der Waals surface area (Å²) >= 11 is 5.84. The van der Waals surface area contributed by atoms with Crippen LogP contribution in [0.2, 0.25) is 5.02 Å². The minimum Gasteiger partial charge on any atom is -0.398 e. The molecular weight excluding hydrogens is 292 g/mol. The molecule has 7 heteroatoms. The van der Waals surface area contributed by atoms with E-state index in [1.165, 1.54) is 12.3 Å². The number of halogens is 1. The number of nitrogens with zero attached hydrogens (tertiary/aromatic N) is 1. The molecule has 6 nitrogen and oxygen atoms in total. The molecule has 1 aromatic heterocycles. The lowest BCUT2D eigenvalue weighted by atomic mass is 10.2. The van der Waals surface area contributed by atoms with Crippen LogP contribution in [0.4, 0.5) is 17.2 Å². The van der Waals surface area contributed by atoms with Crippen molar-refractivity contribution in [3.63, 3.8) is 0 Å². The van der Waals surface area contributed by atoms with Crippen LogP contribution in [0.5, 0.6) is 0 Å². The van der Waals surface area contributed by atoms with Gasteiger partial charge in [0.1, 0.15) is 5.82 Å². The number of aryl methyl sites for hydroxylation is 1. The number of aromatic nitrogens is 1. The average molecular weight is 305 g/mol. The molecule has 2 aromatic rings. The first-order chi connectivity index (χ1) is 9.97. The third kappa shape index (κ3) is 3.70. The average Bonchev–Trinajstić information content (AvgIpc) is 2.45. The maximum Gasteiger partial charge on any atom is 0.315 e. The summed E-state index contributed by atoms with van der Waals surface area (Å²) in [5, 5.41) is 5.17. The van der Waals surface area contributed by atoms with Crippen molar-refractivity contribution >= 4 is 40.6 Å². The number of nitrogens with two attached hydrogens (primary N) is 1. The van der Waals surface area contributed by atoms with Crippen molar-refractivity contribution in [3.05, 3.63) is 47.1 Å². The highest BCUT2D eigenvalue weighted by Crippen LogP contribution is 2.22. The lowest BCUT2D eigenvalue weighted by Crippen LogP contribution is -2.29. The Labute approximate surface area is 126 Å². The van der Waals surface area contributed by atoms with Crippen molar-refractivity contribution in [2.45, 2.75) is 6.92 Å². The molecule has 1 heterocycles. The van der Waals surface area contributed by atoms with Crippen molar-refractivity contribution in [2.75, 3.05) is 16.4 Å². The zero-order valence-corrected chi connectivity index (χ0v) is 11.9. The fraction of sp³-hybridized carbons (Fsp3) is 0.0714. The van der Waals surface area contributed by atoms with E-state index in [0.717, 1.165) is 5.56 Å². The number of hydrogen-bond acceptors (Lipinski definition) is 4. The van der Waals surface area contributed by atoms with Crippen LogP contribution in [0.3, 0.4) is 0 Å². The number of carbonyl (C=O) groups excluding carboxylic acids is 2. The maximum absolute atomic E-state index is 11.8. The SMILES string of the molecule is Cc1cccnc1NC(=O)C(=O)Nc1ccc(N)c(Cl)c1. The van der Waals surface area contributed by atoms with Crippen molar-refractivity contribution in [2.24, 2.45) is 0 Å². The third-order valence-electron chi connectivity index (χ3n) is 2.71. The first-order valence-electron chi connectivity index (χ1n) is 6.06. The zero-order chi connectivity index (χ0) is 15.4. The van der Waals surface area contributed by atoms with Crippen LogP contribution in [0, 0.1) is 6.92 Å². The number of nitrogen functional groups attached to an aromatic ring is 1. The predicted octanol–water partition coefficient (Wildman–Crippen LogP) is 2.20. The number of anilines is 3. The topological polar surface area (TPSA) is 97.1 Å².